The van der Waals surface area contributed by atoms with Crippen LogP contribution in [0.4, 0.5) is 11.4 Å². The van der Waals surface area contributed by atoms with Crippen LogP contribution in [0.5, 0.6) is 0 Å². The van der Waals surface area contributed by atoms with Crippen LogP contribution in [0.1, 0.15) is 31.9 Å². The van der Waals surface area contributed by atoms with Gasteiger partial charge in [-0.3, -0.25) is 0 Å². The van der Waals surface area contributed by atoms with Crippen molar-refractivity contribution >= 4 is 23.5 Å². The second kappa shape index (κ2) is 4.27. The summed E-state index contributed by atoms with van der Waals surface area (Å²) in [5.74, 6) is 0. The summed E-state index contributed by atoms with van der Waals surface area (Å²) in [5.41, 5.74) is 5.13. The molecule has 96 valence electrons. The molecule has 1 nitrogen and oxygen atoms in total. The molecule has 0 aromatic heterocycles. The van der Waals surface area contributed by atoms with E-state index in [-0.39, 0.29) is 5.54 Å². The van der Waals surface area contributed by atoms with Crippen LogP contribution in [0, 0.1) is 0 Å². The molecular formula is C18H19N. The first-order valence-electron chi connectivity index (χ1n) is 6.74. The Morgan fingerprint density at radius 1 is 0.684 bits per heavy atom. The minimum Gasteiger partial charge on any atom is -0.335 e. The predicted molar refractivity (Wildman–Crippen MR) is 83.7 cm³/mol. The summed E-state index contributed by atoms with van der Waals surface area (Å²) in [6.07, 6.45) is 4.42. The van der Waals surface area contributed by atoms with Crippen LogP contribution in [0.3, 0.4) is 0 Å². The lowest BCUT2D eigenvalue weighted by molar-refractivity contribution is 0.560. The number of anilines is 2. The fourth-order valence-corrected chi connectivity index (χ4v) is 2.70. The van der Waals surface area contributed by atoms with E-state index >= 15 is 0 Å². The number of para-hydroxylation sites is 2. The van der Waals surface area contributed by atoms with E-state index in [9.17, 15) is 0 Å². The molecular weight excluding hydrogens is 230 g/mol. The van der Waals surface area contributed by atoms with Gasteiger partial charge in [-0.15, -0.1) is 0 Å². The quantitative estimate of drug-likeness (QED) is 0.627. The maximum atomic E-state index is 2.43. The Morgan fingerprint density at radius 2 is 1.11 bits per heavy atom. The van der Waals surface area contributed by atoms with Gasteiger partial charge in [-0.05, 0) is 44.0 Å². The van der Waals surface area contributed by atoms with Crippen LogP contribution >= 0.6 is 0 Å². The van der Waals surface area contributed by atoms with E-state index in [0.29, 0.717) is 0 Å². The molecule has 0 amide bonds. The normalized spacial score (nSPS) is 13.7. The first-order valence-corrected chi connectivity index (χ1v) is 6.74. The van der Waals surface area contributed by atoms with E-state index in [1.165, 1.54) is 22.5 Å². The molecule has 0 unspecified atom stereocenters. The third kappa shape index (κ3) is 2.06. The number of nitrogens with zero attached hydrogens (tertiary/aromatic N) is 1. The van der Waals surface area contributed by atoms with Crippen LogP contribution < -0.4 is 4.90 Å². The molecule has 0 atom stereocenters. The molecule has 1 heteroatoms. The molecule has 19 heavy (non-hydrogen) atoms. The summed E-state index contributed by atoms with van der Waals surface area (Å²) in [6.45, 7) is 6.77. The van der Waals surface area contributed by atoms with Gasteiger partial charge in [0.2, 0.25) is 0 Å². The van der Waals surface area contributed by atoms with Crippen LogP contribution in [0.15, 0.2) is 48.5 Å². The van der Waals surface area contributed by atoms with Gasteiger partial charge < -0.3 is 4.90 Å². The lowest BCUT2D eigenvalue weighted by atomic mass is 10.0. The Labute approximate surface area is 115 Å². The summed E-state index contributed by atoms with van der Waals surface area (Å²) in [7, 11) is 0. The topological polar surface area (TPSA) is 3.24 Å². The highest BCUT2D eigenvalue weighted by molar-refractivity contribution is 5.89. The third-order valence-electron chi connectivity index (χ3n) is 3.47. The lowest BCUT2D eigenvalue weighted by Crippen LogP contribution is -2.38. The van der Waals surface area contributed by atoms with Crippen molar-refractivity contribution < 1.29 is 0 Å². The van der Waals surface area contributed by atoms with Crippen molar-refractivity contribution in [3.8, 4) is 0 Å². The molecule has 0 bridgehead atoms. The minimum atomic E-state index is 0.0399. The summed E-state index contributed by atoms with van der Waals surface area (Å²) in [4.78, 5) is 2.43. The van der Waals surface area contributed by atoms with Crippen LogP contribution in [0.2, 0.25) is 0 Å². The first-order chi connectivity index (χ1) is 9.07. The Kier molecular flexibility index (Phi) is 2.70. The van der Waals surface area contributed by atoms with Gasteiger partial charge in [-0.2, -0.15) is 0 Å². The molecule has 1 aliphatic heterocycles. The van der Waals surface area contributed by atoms with E-state index in [0.717, 1.165) is 0 Å². The van der Waals surface area contributed by atoms with Gasteiger partial charge in [0.25, 0.3) is 0 Å². The molecule has 1 aliphatic rings. The zero-order valence-electron chi connectivity index (χ0n) is 11.7. The number of rotatable bonds is 0. The summed E-state index contributed by atoms with van der Waals surface area (Å²) >= 11 is 0. The fourth-order valence-electron chi connectivity index (χ4n) is 2.70. The molecule has 0 fully saturated rings. The van der Waals surface area contributed by atoms with Gasteiger partial charge in [0.15, 0.2) is 0 Å². The zero-order chi connectivity index (χ0) is 13.5. The maximum absolute atomic E-state index is 2.43. The van der Waals surface area contributed by atoms with Crippen molar-refractivity contribution in [2.24, 2.45) is 0 Å². The second-order valence-corrected chi connectivity index (χ2v) is 5.96. The van der Waals surface area contributed by atoms with Crippen molar-refractivity contribution in [1.82, 2.24) is 0 Å². The second-order valence-electron chi connectivity index (χ2n) is 5.96. The molecule has 0 radical (unpaired) electrons. The van der Waals surface area contributed by atoms with Crippen molar-refractivity contribution in [1.29, 1.82) is 0 Å². The van der Waals surface area contributed by atoms with E-state index in [1.807, 2.05) is 0 Å². The smallest absolute Gasteiger partial charge is 0.0489 e. The Bertz CT molecular complexity index is 583. The fraction of sp³-hybridized carbons (Fsp3) is 0.222. The highest BCUT2D eigenvalue weighted by atomic mass is 15.2. The van der Waals surface area contributed by atoms with Gasteiger partial charge >= 0.3 is 0 Å². The molecule has 0 spiro atoms. The SMILES string of the molecule is CC(C)(C)N1c2ccccc2C=Cc2ccccc21. The molecule has 2 aromatic rings. The van der Waals surface area contributed by atoms with Gasteiger partial charge in [0, 0.05) is 16.9 Å². The van der Waals surface area contributed by atoms with E-state index in [2.05, 4.69) is 86.4 Å². The number of fused-ring (bicyclic) bond motifs is 2. The van der Waals surface area contributed by atoms with E-state index in [1.54, 1.807) is 0 Å². The summed E-state index contributed by atoms with van der Waals surface area (Å²) < 4.78 is 0. The molecule has 0 aliphatic carbocycles. The van der Waals surface area contributed by atoms with Crippen LogP contribution in [0.25, 0.3) is 12.2 Å². The number of hydrogen-bond donors (Lipinski definition) is 0. The summed E-state index contributed by atoms with van der Waals surface area (Å²) in [5, 5.41) is 0. The van der Waals surface area contributed by atoms with E-state index in [4.69, 9.17) is 0 Å². The van der Waals surface area contributed by atoms with E-state index < -0.39 is 0 Å². The van der Waals surface area contributed by atoms with Crippen molar-refractivity contribution in [2.45, 2.75) is 26.3 Å². The molecule has 3 rings (SSSR count). The molecule has 1 heterocycles. The zero-order valence-corrected chi connectivity index (χ0v) is 11.7. The molecule has 0 N–H and O–H groups in total. The standard InChI is InChI=1S/C18H19N/c1-18(2,3)19-16-10-6-4-8-14(16)12-13-15-9-5-7-11-17(15)19/h4-13H,1-3H3. The molecule has 0 saturated heterocycles. The molecule has 0 saturated carbocycles. The van der Waals surface area contributed by atoms with Crippen molar-refractivity contribution in [3.05, 3.63) is 59.7 Å². The van der Waals surface area contributed by atoms with Crippen molar-refractivity contribution in [3.63, 3.8) is 0 Å². The highest BCUT2D eigenvalue weighted by Crippen LogP contribution is 2.40. The Balaban J connectivity index is 2.31. The Hall–Kier alpha value is -2.02. The van der Waals surface area contributed by atoms with Gasteiger partial charge in [-0.1, -0.05) is 48.6 Å². The maximum Gasteiger partial charge on any atom is 0.0489 e. The number of benzene rings is 2. The van der Waals surface area contributed by atoms with Crippen LogP contribution in [-0.2, 0) is 0 Å². The third-order valence-corrected chi connectivity index (χ3v) is 3.47. The van der Waals surface area contributed by atoms with Gasteiger partial charge in [0.05, 0.1) is 0 Å². The highest BCUT2D eigenvalue weighted by Gasteiger charge is 2.27. The average molecular weight is 249 g/mol. The van der Waals surface area contributed by atoms with Gasteiger partial charge in [-0.25, -0.2) is 0 Å². The molecule has 2 aromatic carbocycles. The lowest BCUT2D eigenvalue weighted by Gasteiger charge is -2.38. The summed E-state index contributed by atoms with van der Waals surface area (Å²) in [6, 6.07) is 17.2. The Morgan fingerprint density at radius 3 is 1.53 bits per heavy atom. The number of hydrogen-bond acceptors (Lipinski definition) is 1. The van der Waals surface area contributed by atoms with Crippen LogP contribution in [-0.4, -0.2) is 5.54 Å². The first kappa shape index (κ1) is 12.0. The van der Waals surface area contributed by atoms with Gasteiger partial charge in [0.1, 0.15) is 0 Å². The minimum absolute atomic E-state index is 0.0399. The monoisotopic (exact) mass is 249 g/mol. The largest absolute Gasteiger partial charge is 0.335 e. The van der Waals surface area contributed by atoms with Crippen molar-refractivity contribution in [2.75, 3.05) is 4.90 Å². The average Bonchev–Trinajstić information content (AvgIpc) is 2.54. The predicted octanol–water partition coefficient (Wildman–Crippen LogP) is 5.11.